The Kier molecular flexibility index (Phi) is 5.49. The number of benzene rings is 2. The molecule has 142 valence electrons. The Bertz CT molecular complexity index is 833. The van der Waals surface area contributed by atoms with Crippen LogP contribution in [0, 0.1) is 0 Å². The normalized spacial score (nSPS) is 13.4. The maximum Gasteiger partial charge on any atom is 0.338 e. The van der Waals surface area contributed by atoms with Gasteiger partial charge in [-0.3, -0.25) is 4.79 Å². The number of anilines is 2. The highest BCUT2D eigenvalue weighted by Crippen LogP contribution is 2.32. The van der Waals surface area contributed by atoms with Crippen molar-refractivity contribution >= 4 is 23.3 Å². The molecule has 1 aliphatic rings. The molecule has 0 aliphatic carbocycles. The summed E-state index contributed by atoms with van der Waals surface area (Å²) >= 11 is 0. The van der Waals surface area contributed by atoms with E-state index in [0.29, 0.717) is 36.0 Å². The van der Waals surface area contributed by atoms with E-state index in [4.69, 9.17) is 14.2 Å². The van der Waals surface area contributed by atoms with Crippen molar-refractivity contribution in [1.82, 2.24) is 0 Å². The van der Waals surface area contributed by atoms with Crippen LogP contribution in [0.5, 0.6) is 11.5 Å². The molecule has 2 aromatic rings. The Labute approximate surface area is 157 Å². The smallest absolute Gasteiger partial charge is 0.338 e. The summed E-state index contributed by atoms with van der Waals surface area (Å²) in [5, 5.41) is 2.71. The second kappa shape index (κ2) is 7.99. The molecule has 0 saturated carbocycles. The quantitative estimate of drug-likeness (QED) is 0.816. The standard InChI is InChI=1S/C20H22N2O5/c1-13(27-20(24)14-4-7-16(8-5-14)22(2)3)19(23)21-15-6-9-17-18(12-15)26-11-10-25-17/h4-9,12-13H,10-11H2,1-3H3,(H,21,23)/t13-/m1/s1. The first kappa shape index (κ1) is 18.6. The van der Waals surface area contributed by atoms with E-state index in [1.54, 1.807) is 30.3 Å². The Morgan fingerprint density at radius 1 is 1.04 bits per heavy atom. The number of nitrogens with zero attached hydrogens (tertiary/aromatic N) is 1. The number of nitrogens with one attached hydrogen (secondary N) is 1. The van der Waals surface area contributed by atoms with Crippen LogP contribution in [0.1, 0.15) is 17.3 Å². The first-order chi connectivity index (χ1) is 12.9. The lowest BCUT2D eigenvalue weighted by molar-refractivity contribution is -0.123. The highest BCUT2D eigenvalue weighted by Gasteiger charge is 2.20. The molecule has 0 bridgehead atoms. The number of ether oxygens (including phenoxy) is 3. The van der Waals surface area contributed by atoms with Gasteiger partial charge in [0.2, 0.25) is 0 Å². The average Bonchev–Trinajstić information content (AvgIpc) is 2.67. The lowest BCUT2D eigenvalue weighted by Gasteiger charge is -2.19. The lowest BCUT2D eigenvalue weighted by atomic mass is 10.2. The van der Waals surface area contributed by atoms with E-state index in [2.05, 4.69) is 5.32 Å². The van der Waals surface area contributed by atoms with E-state index < -0.39 is 18.0 Å². The van der Waals surface area contributed by atoms with Gasteiger partial charge in [0.05, 0.1) is 5.56 Å². The van der Waals surface area contributed by atoms with Crippen molar-refractivity contribution in [3.63, 3.8) is 0 Å². The second-order valence-electron chi connectivity index (χ2n) is 6.34. The molecular weight excluding hydrogens is 348 g/mol. The molecule has 1 atom stereocenters. The fraction of sp³-hybridized carbons (Fsp3) is 0.300. The monoisotopic (exact) mass is 370 g/mol. The van der Waals surface area contributed by atoms with Gasteiger partial charge in [-0.05, 0) is 43.3 Å². The van der Waals surface area contributed by atoms with E-state index in [9.17, 15) is 9.59 Å². The third-order valence-corrected chi connectivity index (χ3v) is 4.08. The summed E-state index contributed by atoms with van der Waals surface area (Å²) in [6.07, 6.45) is -0.945. The van der Waals surface area contributed by atoms with Crippen molar-refractivity contribution in [2.75, 3.05) is 37.5 Å². The molecule has 7 heteroatoms. The first-order valence-corrected chi connectivity index (χ1v) is 8.63. The SMILES string of the molecule is C[C@@H](OC(=O)c1ccc(N(C)C)cc1)C(=O)Nc1ccc2c(c1)OCCO2. The number of fused-ring (bicyclic) bond motifs is 1. The summed E-state index contributed by atoms with van der Waals surface area (Å²) in [7, 11) is 3.83. The van der Waals surface area contributed by atoms with Gasteiger partial charge in [0.25, 0.3) is 5.91 Å². The number of carbonyl (C=O) groups is 2. The summed E-state index contributed by atoms with van der Waals surface area (Å²) in [5.74, 6) is 0.236. The number of hydrogen-bond acceptors (Lipinski definition) is 6. The molecule has 0 spiro atoms. The number of carbonyl (C=O) groups excluding carboxylic acids is 2. The van der Waals surface area contributed by atoms with E-state index >= 15 is 0 Å². The van der Waals surface area contributed by atoms with Crippen molar-refractivity contribution in [3.8, 4) is 11.5 Å². The van der Waals surface area contributed by atoms with Crippen molar-refractivity contribution in [1.29, 1.82) is 0 Å². The fourth-order valence-electron chi connectivity index (χ4n) is 2.54. The van der Waals surface area contributed by atoms with Crippen LogP contribution < -0.4 is 19.7 Å². The molecule has 0 radical (unpaired) electrons. The number of amides is 1. The van der Waals surface area contributed by atoms with E-state index in [1.165, 1.54) is 6.92 Å². The van der Waals surface area contributed by atoms with Crippen molar-refractivity contribution in [2.45, 2.75) is 13.0 Å². The van der Waals surface area contributed by atoms with Crippen LogP contribution in [0.25, 0.3) is 0 Å². The van der Waals surface area contributed by atoms with Crippen LogP contribution in [-0.4, -0.2) is 45.3 Å². The Hall–Kier alpha value is -3.22. The lowest BCUT2D eigenvalue weighted by Crippen LogP contribution is -2.30. The van der Waals surface area contributed by atoms with Gasteiger partial charge in [-0.1, -0.05) is 0 Å². The summed E-state index contributed by atoms with van der Waals surface area (Å²) in [4.78, 5) is 26.5. The molecular formula is C20H22N2O5. The summed E-state index contributed by atoms with van der Waals surface area (Å²) < 4.78 is 16.2. The zero-order valence-electron chi connectivity index (χ0n) is 15.5. The molecule has 1 aliphatic heterocycles. The van der Waals surface area contributed by atoms with Gasteiger partial charge < -0.3 is 24.4 Å². The molecule has 0 saturated heterocycles. The van der Waals surface area contributed by atoms with Gasteiger partial charge in [0.1, 0.15) is 13.2 Å². The zero-order chi connectivity index (χ0) is 19.4. The highest BCUT2D eigenvalue weighted by atomic mass is 16.6. The summed E-state index contributed by atoms with van der Waals surface area (Å²) in [6.45, 7) is 2.49. The van der Waals surface area contributed by atoms with Crippen LogP contribution in [0.2, 0.25) is 0 Å². The van der Waals surface area contributed by atoms with Gasteiger partial charge in [-0.25, -0.2) is 4.79 Å². The van der Waals surface area contributed by atoms with Crippen LogP contribution in [0.3, 0.4) is 0 Å². The van der Waals surface area contributed by atoms with Crippen LogP contribution >= 0.6 is 0 Å². The number of esters is 1. The minimum atomic E-state index is -0.945. The number of rotatable bonds is 5. The molecule has 1 amide bonds. The van der Waals surface area contributed by atoms with Crippen molar-refractivity contribution in [2.24, 2.45) is 0 Å². The predicted molar refractivity (Wildman–Crippen MR) is 102 cm³/mol. The Balaban J connectivity index is 1.59. The maximum atomic E-state index is 12.3. The molecule has 0 fully saturated rings. The van der Waals surface area contributed by atoms with Gasteiger partial charge >= 0.3 is 5.97 Å². The first-order valence-electron chi connectivity index (χ1n) is 8.63. The molecule has 3 rings (SSSR count). The summed E-state index contributed by atoms with van der Waals surface area (Å²) in [5.41, 5.74) is 1.90. The molecule has 0 aromatic heterocycles. The van der Waals surface area contributed by atoms with Crippen molar-refractivity contribution < 1.29 is 23.8 Å². The molecule has 27 heavy (non-hydrogen) atoms. The van der Waals surface area contributed by atoms with E-state index in [1.807, 2.05) is 31.1 Å². The van der Waals surface area contributed by atoms with Crippen LogP contribution in [0.4, 0.5) is 11.4 Å². The number of hydrogen-bond donors (Lipinski definition) is 1. The van der Waals surface area contributed by atoms with Gasteiger partial charge in [0.15, 0.2) is 17.6 Å². The topological polar surface area (TPSA) is 77.1 Å². The molecule has 7 nitrogen and oxygen atoms in total. The van der Waals surface area contributed by atoms with Crippen LogP contribution in [-0.2, 0) is 9.53 Å². The molecule has 0 unspecified atom stereocenters. The minimum Gasteiger partial charge on any atom is -0.486 e. The molecule has 2 aromatic carbocycles. The molecule has 1 heterocycles. The minimum absolute atomic E-state index is 0.388. The van der Waals surface area contributed by atoms with E-state index in [-0.39, 0.29) is 0 Å². The third-order valence-electron chi connectivity index (χ3n) is 4.08. The summed E-state index contributed by atoms with van der Waals surface area (Å²) in [6, 6.07) is 12.1. The van der Waals surface area contributed by atoms with Gasteiger partial charge in [-0.2, -0.15) is 0 Å². The highest BCUT2D eigenvalue weighted by molar-refractivity contribution is 5.97. The van der Waals surface area contributed by atoms with Gasteiger partial charge in [-0.15, -0.1) is 0 Å². The molecule has 1 N–H and O–H groups in total. The predicted octanol–water partition coefficient (Wildman–Crippen LogP) is 2.71. The Morgan fingerprint density at radius 3 is 2.37 bits per heavy atom. The third kappa shape index (κ3) is 4.49. The van der Waals surface area contributed by atoms with E-state index in [0.717, 1.165) is 5.69 Å². The van der Waals surface area contributed by atoms with Gasteiger partial charge in [0, 0.05) is 31.5 Å². The zero-order valence-corrected chi connectivity index (χ0v) is 15.5. The maximum absolute atomic E-state index is 12.3. The fourth-order valence-corrected chi connectivity index (χ4v) is 2.54. The van der Waals surface area contributed by atoms with Crippen molar-refractivity contribution in [3.05, 3.63) is 48.0 Å². The van der Waals surface area contributed by atoms with Crippen LogP contribution in [0.15, 0.2) is 42.5 Å². The average molecular weight is 370 g/mol. The second-order valence-corrected chi connectivity index (χ2v) is 6.34. The Morgan fingerprint density at radius 2 is 1.70 bits per heavy atom. The largest absolute Gasteiger partial charge is 0.486 e.